The van der Waals surface area contributed by atoms with Crippen molar-refractivity contribution in [2.24, 2.45) is 0 Å². The first-order valence-electron chi connectivity index (χ1n) is 6.65. The van der Waals surface area contributed by atoms with Crippen molar-refractivity contribution in [3.05, 3.63) is 51.6 Å². The van der Waals surface area contributed by atoms with Crippen LogP contribution >= 0.6 is 22.6 Å². The fourth-order valence-corrected chi connectivity index (χ4v) is 2.90. The number of rotatable bonds is 4. The highest BCUT2D eigenvalue weighted by molar-refractivity contribution is 14.1. The van der Waals surface area contributed by atoms with E-state index in [4.69, 9.17) is 14.2 Å². The summed E-state index contributed by atoms with van der Waals surface area (Å²) in [4.78, 5) is 14.4. The van der Waals surface area contributed by atoms with Crippen LogP contribution in [-0.2, 0) is 4.74 Å². The number of hydrogen-bond donors (Lipinski definition) is 0. The predicted molar refractivity (Wildman–Crippen MR) is 90.4 cm³/mol. The number of methoxy groups -OCH3 is 1. The zero-order valence-corrected chi connectivity index (χ0v) is 14.1. The Morgan fingerprint density at radius 2 is 2.00 bits per heavy atom. The summed E-state index contributed by atoms with van der Waals surface area (Å²) >= 11 is 2.20. The molecule has 0 saturated heterocycles. The smallest absolute Gasteiger partial charge is 0.260 e. The minimum atomic E-state index is -0.149. The van der Waals surface area contributed by atoms with Gasteiger partial charge < -0.3 is 14.2 Å². The molecule has 0 unspecified atom stereocenters. The maximum Gasteiger partial charge on any atom is 0.260 e. The zero-order chi connectivity index (χ0) is 15.5. The zero-order valence-electron chi connectivity index (χ0n) is 11.9. The molecule has 0 spiro atoms. The first-order chi connectivity index (χ1) is 10.7. The summed E-state index contributed by atoms with van der Waals surface area (Å²) in [6.45, 7) is 0.360. The SMILES string of the molecule is COCN(C(=O)c1ccc2c(c1)OCO2)c1ccccc1I. The normalized spacial score (nSPS) is 12.3. The number of carbonyl (C=O) groups excluding carboxylic acids is 1. The van der Waals surface area contributed by atoms with Crippen LogP contribution in [0.4, 0.5) is 5.69 Å². The minimum absolute atomic E-state index is 0.149. The quantitative estimate of drug-likeness (QED) is 0.573. The molecule has 2 aromatic rings. The van der Waals surface area contributed by atoms with E-state index in [1.165, 1.54) is 0 Å². The van der Waals surface area contributed by atoms with Gasteiger partial charge in [0, 0.05) is 16.2 Å². The first kappa shape index (κ1) is 15.1. The van der Waals surface area contributed by atoms with E-state index in [-0.39, 0.29) is 19.4 Å². The number of hydrogen-bond acceptors (Lipinski definition) is 4. The number of para-hydroxylation sites is 1. The Hall–Kier alpha value is -1.80. The van der Waals surface area contributed by atoms with Crippen molar-refractivity contribution < 1.29 is 19.0 Å². The molecule has 114 valence electrons. The van der Waals surface area contributed by atoms with E-state index in [1.807, 2.05) is 24.3 Å². The van der Waals surface area contributed by atoms with Crippen molar-refractivity contribution in [2.75, 3.05) is 25.5 Å². The van der Waals surface area contributed by atoms with Crippen molar-refractivity contribution in [3.8, 4) is 11.5 Å². The highest BCUT2D eigenvalue weighted by Crippen LogP contribution is 2.33. The lowest BCUT2D eigenvalue weighted by Crippen LogP contribution is -2.33. The molecular formula is C16H14INO4. The van der Waals surface area contributed by atoms with E-state index >= 15 is 0 Å². The largest absolute Gasteiger partial charge is 0.454 e. The molecule has 0 fully saturated rings. The Morgan fingerprint density at radius 3 is 2.77 bits per heavy atom. The molecule has 0 aromatic heterocycles. The third kappa shape index (κ3) is 2.89. The number of anilines is 1. The number of ether oxygens (including phenoxy) is 3. The third-order valence-corrected chi connectivity index (χ3v) is 4.18. The van der Waals surface area contributed by atoms with E-state index in [2.05, 4.69) is 22.6 Å². The van der Waals surface area contributed by atoms with E-state index in [0.717, 1.165) is 9.26 Å². The van der Waals surface area contributed by atoms with Crippen molar-refractivity contribution in [1.82, 2.24) is 0 Å². The number of halogens is 1. The first-order valence-corrected chi connectivity index (χ1v) is 7.73. The van der Waals surface area contributed by atoms with E-state index < -0.39 is 0 Å². The number of benzene rings is 2. The summed E-state index contributed by atoms with van der Waals surface area (Å²) in [6.07, 6.45) is 0. The van der Waals surface area contributed by atoms with Gasteiger partial charge in [-0.1, -0.05) is 12.1 Å². The average Bonchev–Trinajstić information content (AvgIpc) is 3.00. The summed E-state index contributed by atoms with van der Waals surface area (Å²) in [6, 6.07) is 12.8. The Kier molecular flexibility index (Phi) is 4.49. The van der Waals surface area contributed by atoms with Gasteiger partial charge in [0.1, 0.15) is 6.73 Å². The summed E-state index contributed by atoms with van der Waals surface area (Å²) in [7, 11) is 1.57. The molecule has 22 heavy (non-hydrogen) atoms. The van der Waals surface area contributed by atoms with Gasteiger partial charge in [0.05, 0.1) is 5.69 Å². The number of carbonyl (C=O) groups is 1. The van der Waals surface area contributed by atoms with Crippen LogP contribution in [-0.4, -0.2) is 26.5 Å². The molecule has 0 bridgehead atoms. The van der Waals surface area contributed by atoms with Crippen molar-refractivity contribution in [2.45, 2.75) is 0 Å². The number of fused-ring (bicyclic) bond motifs is 1. The van der Waals surface area contributed by atoms with Gasteiger partial charge in [-0.05, 0) is 52.9 Å². The minimum Gasteiger partial charge on any atom is -0.454 e. The van der Waals surface area contributed by atoms with Gasteiger partial charge in [-0.25, -0.2) is 0 Å². The Morgan fingerprint density at radius 1 is 1.23 bits per heavy atom. The summed E-state index contributed by atoms with van der Waals surface area (Å²) in [5.74, 6) is 1.10. The van der Waals surface area contributed by atoms with Gasteiger partial charge >= 0.3 is 0 Å². The third-order valence-electron chi connectivity index (χ3n) is 3.27. The molecule has 3 rings (SSSR count). The second kappa shape index (κ2) is 6.53. The van der Waals surface area contributed by atoms with Gasteiger partial charge in [-0.15, -0.1) is 0 Å². The second-order valence-corrected chi connectivity index (χ2v) is 5.83. The standard InChI is InChI=1S/C16H14INO4/c1-20-9-18(13-5-3-2-4-12(13)17)16(19)11-6-7-14-15(8-11)22-10-21-14/h2-8H,9-10H2,1H3. The predicted octanol–water partition coefficient (Wildman–Crippen LogP) is 3.27. The van der Waals surface area contributed by atoms with Crippen LogP contribution in [0, 0.1) is 3.57 Å². The lowest BCUT2D eigenvalue weighted by Gasteiger charge is -2.23. The molecule has 0 aliphatic carbocycles. The van der Waals surface area contributed by atoms with Crippen molar-refractivity contribution in [1.29, 1.82) is 0 Å². The second-order valence-electron chi connectivity index (χ2n) is 4.67. The molecule has 0 N–H and O–H groups in total. The van der Waals surface area contributed by atoms with Gasteiger partial charge in [-0.2, -0.15) is 0 Å². The van der Waals surface area contributed by atoms with Crippen LogP contribution in [0.1, 0.15) is 10.4 Å². The van der Waals surface area contributed by atoms with Crippen LogP contribution in [0.25, 0.3) is 0 Å². The highest BCUT2D eigenvalue weighted by atomic mass is 127. The van der Waals surface area contributed by atoms with Crippen LogP contribution < -0.4 is 14.4 Å². The highest BCUT2D eigenvalue weighted by Gasteiger charge is 2.22. The van der Waals surface area contributed by atoms with Crippen LogP contribution in [0.15, 0.2) is 42.5 Å². The van der Waals surface area contributed by atoms with E-state index in [9.17, 15) is 4.79 Å². The molecule has 1 aliphatic rings. The summed E-state index contributed by atoms with van der Waals surface area (Å²) in [5, 5.41) is 0. The van der Waals surface area contributed by atoms with Gasteiger partial charge in [-0.3, -0.25) is 9.69 Å². The van der Waals surface area contributed by atoms with Crippen LogP contribution in [0.5, 0.6) is 11.5 Å². The molecule has 1 aliphatic heterocycles. The molecule has 6 heteroatoms. The van der Waals surface area contributed by atoms with Crippen molar-refractivity contribution in [3.63, 3.8) is 0 Å². The van der Waals surface area contributed by atoms with Crippen LogP contribution in [0.3, 0.4) is 0 Å². The van der Waals surface area contributed by atoms with Gasteiger partial charge in [0.15, 0.2) is 11.5 Å². The summed E-state index contributed by atoms with van der Waals surface area (Å²) < 4.78 is 16.8. The molecule has 5 nitrogen and oxygen atoms in total. The fourth-order valence-electron chi connectivity index (χ4n) is 2.22. The maximum atomic E-state index is 12.8. The molecular weight excluding hydrogens is 397 g/mol. The molecule has 1 heterocycles. The lowest BCUT2D eigenvalue weighted by molar-refractivity contribution is 0.0935. The topological polar surface area (TPSA) is 48.0 Å². The van der Waals surface area contributed by atoms with Gasteiger partial charge in [0.2, 0.25) is 6.79 Å². The monoisotopic (exact) mass is 411 g/mol. The molecule has 1 amide bonds. The lowest BCUT2D eigenvalue weighted by atomic mass is 10.1. The van der Waals surface area contributed by atoms with E-state index in [1.54, 1.807) is 30.2 Å². The Labute approximate surface area is 141 Å². The molecule has 0 radical (unpaired) electrons. The summed E-state index contributed by atoms with van der Waals surface area (Å²) in [5.41, 5.74) is 1.34. The number of amides is 1. The molecule has 0 saturated carbocycles. The Balaban J connectivity index is 1.95. The van der Waals surface area contributed by atoms with E-state index in [0.29, 0.717) is 17.1 Å². The molecule has 0 atom stereocenters. The number of nitrogens with zero attached hydrogens (tertiary/aromatic N) is 1. The van der Waals surface area contributed by atoms with Gasteiger partial charge in [0.25, 0.3) is 5.91 Å². The van der Waals surface area contributed by atoms with Crippen LogP contribution in [0.2, 0.25) is 0 Å². The average molecular weight is 411 g/mol. The fraction of sp³-hybridized carbons (Fsp3) is 0.188. The molecule has 2 aromatic carbocycles. The maximum absolute atomic E-state index is 12.8. The van der Waals surface area contributed by atoms with Crippen molar-refractivity contribution >= 4 is 34.2 Å². The Bertz CT molecular complexity index is 704.